The van der Waals surface area contributed by atoms with Crippen LogP contribution < -0.4 is 5.32 Å². The van der Waals surface area contributed by atoms with E-state index in [2.05, 4.69) is 11.4 Å². The number of aliphatic hydroxyl groups excluding tert-OH is 1. The Balaban J connectivity index is 2.09. The quantitative estimate of drug-likeness (QED) is 0.874. The molecule has 3 nitrogen and oxygen atoms in total. The molecule has 2 atom stereocenters. The Morgan fingerprint density at radius 2 is 1.70 bits per heavy atom. The number of nitriles is 1. The molecule has 0 spiro atoms. The molecule has 0 aliphatic carbocycles. The van der Waals surface area contributed by atoms with Crippen molar-refractivity contribution in [2.24, 2.45) is 0 Å². The molecule has 0 saturated heterocycles. The van der Waals surface area contributed by atoms with Crippen LogP contribution in [0.2, 0.25) is 0 Å². The summed E-state index contributed by atoms with van der Waals surface area (Å²) in [4.78, 5) is 0. The second-order valence-corrected chi connectivity index (χ2v) is 4.77. The first-order chi connectivity index (χ1) is 9.74. The average molecular weight is 266 g/mol. The molecule has 0 amide bonds. The van der Waals surface area contributed by atoms with Crippen LogP contribution in [0, 0.1) is 11.3 Å². The van der Waals surface area contributed by atoms with Crippen molar-refractivity contribution in [1.82, 2.24) is 5.32 Å². The van der Waals surface area contributed by atoms with Crippen LogP contribution >= 0.6 is 0 Å². The number of hydrogen-bond donors (Lipinski definition) is 2. The van der Waals surface area contributed by atoms with E-state index in [0.717, 1.165) is 11.1 Å². The Labute approximate surface area is 119 Å². The summed E-state index contributed by atoms with van der Waals surface area (Å²) in [5, 5.41) is 21.8. The summed E-state index contributed by atoms with van der Waals surface area (Å²) < 4.78 is 0. The summed E-state index contributed by atoms with van der Waals surface area (Å²) in [5.74, 6) is 0. The maximum atomic E-state index is 9.55. The minimum atomic E-state index is -0.0955. The lowest BCUT2D eigenvalue weighted by atomic mass is 10.0. The van der Waals surface area contributed by atoms with E-state index < -0.39 is 0 Å². The molecule has 3 heteroatoms. The van der Waals surface area contributed by atoms with E-state index in [-0.39, 0.29) is 18.7 Å². The van der Waals surface area contributed by atoms with E-state index in [1.54, 1.807) is 0 Å². The van der Waals surface area contributed by atoms with Crippen LogP contribution in [0.3, 0.4) is 0 Å². The number of rotatable bonds is 5. The van der Waals surface area contributed by atoms with Crippen molar-refractivity contribution in [2.75, 3.05) is 6.61 Å². The summed E-state index contributed by atoms with van der Waals surface area (Å²) in [6.07, 6.45) is 0. The molecule has 0 bridgehead atoms. The van der Waals surface area contributed by atoms with Gasteiger partial charge in [-0.05, 0) is 30.2 Å². The number of aliphatic hydroxyl groups is 1. The molecule has 0 aliphatic rings. The second-order valence-electron chi connectivity index (χ2n) is 4.77. The molecule has 0 fully saturated rings. The molecule has 2 aromatic rings. The van der Waals surface area contributed by atoms with Gasteiger partial charge in [-0.3, -0.25) is 0 Å². The summed E-state index contributed by atoms with van der Waals surface area (Å²) in [7, 11) is 0. The van der Waals surface area contributed by atoms with E-state index in [1.807, 2.05) is 61.5 Å². The van der Waals surface area contributed by atoms with Gasteiger partial charge < -0.3 is 10.4 Å². The molecule has 0 aliphatic heterocycles. The van der Waals surface area contributed by atoms with Gasteiger partial charge in [-0.25, -0.2) is 0 Å². The molecule has 0 heterocycles. The van der Waals surface area contributed by atoms with Crippen molar-refractivity contribution in [3.05, 3.63) is 71.3 Å². The molecule has 2 N–H and O–H groups in total. The molecule has 102 valence electrons. The molecule has 1 unspecified atom stereocenters. The number of hydrogen-bond acceptors (Lipinski definition) is 3. The SMILES string of the molecule is CC(N[C@@H](CO)c1ccccc1)c1ccc(C#N)cc1. The minimum Gasteiger partial charge on any atom is -0.394 e. The highest BCUT2D eigenvalue weighted by Crippen LogP contribution is 2.19. The predicted molar refractivity (Wildman–Crippen MR) is 79.0 cm³/mol. The summed E-state index contributed by atoms with van der Waals surface area (Å²) in [5.41, 5.74) is 2.82. The molecule has 0 saturated carbocycles. The van der Waals surface area contributed by atoms with Crippen molar-refractivity contribution in [3.63, 3.8) is 0 Å². The van der Waals surface area contributed by atoms with Crippen LogP contribution in [0.15, 0.2) is 54.6 Å². The van der Waals surface area contributed by atoms with Crippen LogP contribution in [-0.2, 0) is 0 Å². The van der Waals surface area contributed by atoms with E-state index >= 15 is 0 Å². The van der Waals surface area contributed by atoms with Gasteiger partial charge in [0.2, 0.25) is 0 Å². The van der Waals surface area contributed by atoms with E-state index in [1.165, 1.54) is 0 Å². The number of nitrogens with one attached hydrogen (secondary N) is 1. The molecule has 20 heavy (non-hydrogen) atoms. The van der Waals surface area contributed by atoms with Gasteiger partial charge in [-0.1, -0.05) is 42.5 Å². The van der Waals surface area contributed by atoms with E-state index in [0.29, 0.717) is 5.56 Å². The van der Waals surface area contributed by atoms with Crippen molar-refractivity contribution < 1.29 is 5.11 Å². The van der Waals surface area contributed by atoms with Gasteiger partial charge in [0.1, 0.15) is 0 Å². The third-order valence-corrected chi connectivity index (χ3v) is 3.38. The maximum Gasteiger partial charge on any atom is 0.0991 e. The maximum absolute atomic E-state index is 9.55. The first-order valence-corrected chi connectivity index (χ1v) is 6.66. The van der Waals surface area contributed by atoms with Gasteiger partial charge in [-0.15, -0.1) is 0 Å². The van der Waals surface area contributed by atoms with Crippen molar-refractivity contribution in [1.29, 1.82) is 5.26 Å². The minimum absolute atomic E-state index is 0.0463. The molecular formula is C17H18N2O. The monoisotopic (exact) mass is 266 g/mol. The van der Waals surface area contributed by atoms with Crippen LogP contribution in [0.4, 0.5) is 0 Å². The molecule has 0 aromatic heterocycles. The van der Waals surface area contributed by atoms with Gasteiger partial charge in [-0.2, -0.15) is 5.26 Å². The van der Waals surface area contributed by atoms with Gasteiger partial charge in [0.05, 0.1) is 24.3 Å². The average Bonchev–Trinajstić information content (AvgIpc) is 2.53. The summed E-state index contributed by atoms with van der Waals surface area (Å²) in [6.45, 7) is 2.09. The normalized spacial score (nSPS) is 13.4. The van der Waals surface area contributed by atoms with E-state index in [4.69, 9.17) is 5.26 Å². The van der Waals surface area contributed by atoms with Crippen LogP contribution in [0.1, 0.15) is 35.7 Å². The Hall–Kier alpha value is -2.15. The fourth-order valence-corrected chi connectivity index (χ4v) is 2.18. The largest absolute Gasteiger partial charge is 0.394 e. The van der Waals surface area contributed by atoms with Gasteiger partial charge in [0, 0.05) is 6.04 Å². The molecular weight excluding hydrogens is 248 g/mol. The van der Waals surface area contributed by atoms with Crippen LogP contribution in [-0.4, -0.2) is 11.7 Å². The van der Waals surface area contributed by atoms with E-state index in [9.17, 15) is 5.11 Å². The highest BCUT2D eigenvalue weighted by atomic mass is 16.3. The van der Waals surface area contributed by atoms with Crippen molar-refractivity contribution in [3.8, 4) is 6.07 Å². The fourth-order valence-electron chi connectivity index (χ4n) is 2.18. The lowest BCUT2D eigenvalue weighted by Gasteiger charge is -2.22. The smallest absolute Gasteiger partial charge is 0.0991 e. The molecule has 2 aromatic carbocycles. The zero-order valence-corrected chi connectivity index (χ0v) is 11.5. The third kappa shape index (κ3) is 3.45. The third-order valence-electron chi connectivity index (χ3n) is 3.38. The predicted octanol–water partition coefficient (Wildman–Crippen LogP) is 2.94. The zero-order chi connectivity index (χ0) is 14.4. The van der Waals surface area contributed by atoms with Gasteiger partial charge in [0.15, 0.2) is 0 Å². The number of benzene rings is 2. The Morgan fingerprint density at radius 3 is 2.25 bits per heavy atom. The summed E-state index contributed by atoms with van der Waals surface area (Å²) in [6, 6.07) is 19.5. The van der Waals surface area contributed by atoms with Gasteiger partial charge in [0.25, 0.3) is 0 Å². The second kappa shape index (κ2) is 6.85. The molecule has 0 radical (unpaired) electrons. The Bertz CT molecular complexity index is 572. The van der Waals surface area contributed by atoms with Crippen LogP contribution in [0.5, 0.6) is 0 Å². The first kappa shape index (κ1) is 14.3. The Morgan fingerprint density at radius 1 is 1.05 bits per heavy atom. The zero-order valence-electron chi connectivity index (χ0n) is 11.5. The highest BCUT2D eigenvalue weighted by Gasteiger charge is 2.14. The standard InChI is InChI=1S/C17H18N2O/c1-13(15-9-7-14(11-18)8-10-15)19-17(12-20)16-5-3-2-4-6-16/h2-10,13,17,19-20H,12H2,1H3/t13?,17-/m0/s1. The first-order valence-electron chi connectivity index (χ1n) is 6.66. The van der Waals surface area contributed by atoms with Crippen LogP contribution in [0.25, 0.3) is 0 Å². The summed E-state index contributed by atoms with van der Waals surface area (Å²) >= 11 is 0. The lowest BCUT2D eigenvalue weighted by molar-refractivity contribution is 0.235. The van der Waals surface area contributed by atoms with Gasteiger partial charge >= 0.3 is 0 Å². The van der Waals surface area contributed by atoms with Crippen molar-refractivity contribution >= 4 is 0 Å². The number of nitrogens with zero attached hydrogens (tertiary/aromatic N) is 1. The Kier molecular flexibility index (Phi) is 4.89. The topological polar surface area (TPSA) is 56.0 Å². The highest BCUT2D eigenvalue weighted by molar-refractivity contribution is 5.33. The fraction of sp³-hybridized carbons (Fsp3) is 0.235. The lowest BCUT2D eigenvalue weighted by Crippen LogP contribution is -2.27. The van der Waals surface area contributed by atoms with Crippen molar-refractivity contribution in [2.45, 2.75) is 19.0 Å². The molecule has 2 rings (SSSR count).